The number of aromatic nitrogens is 1. The Morgan fingerprint density at radius 1 is 0.816 bits per heavy atom. The molecule has 8 unspecified atom stereocenters. The van der Waals surface area contributed by atoms with E-state index in [1.807, 2.05) is 18.2 Å². The fourth-order valence-corrected chi connectivity index (χ4v) is 11.5. The molecule has 1 aromatic heterocycles. The van der Waals surface area contributed by atoms with Gasteiger partial charge in [-0.15, -0.1) is 0 Å². The van der Waals surface area contributed by atoms with Crippen molar-refractivity contribution >= 4 is 21.8 Å². The largest absolute Gasteiger partial charge is 0.453 e. The van der Waals surface area contributed by atoms with Crippen LogP contribution in [-0.2, 0) is 5.41 Å². The summed E-state index contributed by atoms with van der Waals surface area (Å²) in [6, 6.07) is 19.6. The lowest BCUT2D eigenvalue weighted by molar-refractivity contribution is -0.0927. The first-order chi connectivity index (χ1) is 18.7. The van der Waals surface area contributed by atoms with E-state index < -0.39 is 0 Å². The van der Waals surface area contributed by atoms with Crippen LogP contribution in [0.4, 0.5) is 0 Å². The van der Waals surface area contributed by atoms with Gasteiger partial charge in [0.25, 0.3) is 0 Å². The first-order valence-electron chi connectivity index (χ1n) is 15.1. The van der Waals surface area contributed by atoms with Crippen LogP contribution in [0.25, 0.3) is 27.5 Å². The summed E-state index contributed by atoms with van der Waals surface area (Å²) in [5.74, 6) is 7.22. The number of pyridine rings is 1. The number of benzene rings is 3. The molecule has 6 aliphatic rings. The molecular formula is C35H33NO2. The Hall–Kier alpha value is -3.07. The van der Waals surface area contributed by atoms with Gasteiger partial charge in [0.15, 0.2) is 16.9 Å². The third-order valence-electron chi connectivity index (χ3n) is 12.4. The Balaban J connectivity index is 1.42. The molecule has 10 rings (SSSR count). The lowest BCUT2D eigenvalue weighted by atomic mass is 9.40. The van der Waals surface area contributed by atoms with Crippen molar-refractivity contribution < 1.29 is 4.74 Å². The van der Waals surface area contributed by atoms with Crippen LogP contribution in [0.2, 0.25) is 0 Å². The third kappa shape index (κ3) is 2.15. The van der Waals surface area contributed by atoms with Gasteiger partial charge in [-0.25, -0.2) is 0 Å². The molecule has 1 spiro atoms. The number of nitrogens with zero attached hydrogens (tertiary/aromatic N) is 1. The van der Waals surface area contributed by atoms with Crippen molar-refractivity contribution in [3.8, 4) is 17.2 Å². The molecule has 190 valence electrons. The van der Waals surface area contributed by atoms with Gasteiger partial charge in [0.05, 0.1) is 16.6 Å². The maximum atomic E-state index is 14.1. The molecule has 4 bridgehead atoms. The molecule has 8 atom stereocenters. The van der Waals surface area contributed by atoms with Crippen LogP contribution < -0.4 is 10.2 Å². The summed E-state index contributed by atoms with van der Waals surface area (Å²) in [6.07, 6.45) is 9.64. The topological polar surface area (TPSA) is 31.2 Å². The number of ether oxygens (including phenoxy) is 1. The third-order valence-corrected chi connectivity index (χ3v) is 12.4. The Bertz CT molecular complexity index is 1780. The second-order valence-corrected chi connectivity index (χ2v) is 13.7. The summed E-state index contributed by atoms with van der Waals surface area (Å²) >= 11 is 0. The van der Waals surface area contributed by atoms with E-state index in [0.717, 1.165) is 57.4 Å². The maximum Gasteiger partial charge on any atom is 0.197 e. The van der Waals surface area contributed by atoms with Crippen molar-refractivity contribution in [1.29, 1.82) is 0 Å². The lowest BCUT2D eigenvalue weighted by Crippen LogP contribution is -2.60. The van der Waals surface area contributed by atoms with Gasteiger partial charge in [-0.3, -0.25) is 4.79 Å². The molecule has 4 saturated carbocycles. The van der Waals surface area contributed by atoms with Crippen LogP contribution in [0.1, 0.15) is 63.0 Å². The van der Waals surface area contributed by atoms with Crippen molar-refractivity contribution in [1.82, 2.24) is 4.57 Å². The van der Waals surface area contributed by atoms with Gasteiger partial charge in [-0.05, 0) is 109 Å². The zero-order valence-electron chi connectivity index (χ0n) is 22.0. The van der Waals surface area contributed by atoms with Crippen LogP contribution in [0.3, 0.4) is 0 Å². The minimum Gasteiger partial charge on any atom is -0.453 e. The minimum atomic E-state index is -0.0367. The highest BCUT2D eigenvalue weighted by Crippen LogP contribution is 2.71. The summed E-state index contributed by atoms with van der Waals surface area (Å²) < 4.78 is 9.10. The minimum absolute atomic E-state index is 0.0367. The molecule has 3 aromatic carbocycles. The van der Waals surface area contributed by atoms with Crippen molar-refractivity contribution in [3.63, 3.8) is 0 Å². The fraction of sp³-hybridized carbons (Fsp3) is 0.457. The molecule has 3 heteroatoms. The second-order valence-electron chi connectivity index (χ2n) is 13.7. The van der Waals surface area contributed by atoms with Crippen molar-refractivity contribution in [2.24, 2.45) is 41.4 Å². The normalized spacial score (nSPS) is 37.0. The van der Waals surface area contributed by atoms with E-state index in [-0.39, 0.29) is 10.8 Å². The van der Waals surface area contributed by atoms with Crippen molar-refractivity contribution in [3.05, 3.63) is 75.9 Å². The highest BCUT2D eigenvalue weighted by atomic mass is 16.5. The summed E-state index contributed by atoms with van der Waals surface area (Å²) in [5, 5.41) is 1.66. The molecule has 2 aliphatic heterocycles. The summed E-state index contributed by atoms with van der Waals surface area (Å²) in [6.45, 7) is 2.57. The maximum absolute atomic E-state index is 14.1. The number of hydrogen-bond acceptors (Lipinski definition) is 2. The number of fused-ring (bicyclic) bond motifs is 1. The zero-order valence-corrected chi connectivity index (χ0v) is 22.0. The average molecular weight is 500 g/mol. The van der Waals surface area contributed by atoms with Gasteiger partial charge < -0.3 is 9.30 Å². The van der Waals surface area contributed by atoms with E-state index >= 15 is 0 Å². The Kier molecular flexibility index (Phi) is 3.69. The molecular weight excluding hydrogens is 466 g/mol. The highest BCUT2D eigenvalue weighted by molar-refractivity contribution is 6.02. The number of para-hydroxylation sites is 3. The smallest absolute Gasteiger partial charge is 0.197 e. The fourth-order valence-electron chi connectivity index (χ4n) is 11.5. The van der Waals surface area contributed by atoms with Gasteiger partial charge in [-0.1, -0.05) is 50.1 Å². The number of hydrogen-bond donors (Lipinski definition) is 0. The van der Waals surface area contributed by atoms with E-state index in [4.69, 9.17) is 4.74 Å². The Morgan fingerprint density at radius 3 is 2.53 bits per heavy atom. The van der Waals surface area contributed by atoms with E-state index in [9.17, 15) is 4.79 Å². The first kappa shape index (κ1) is 20.8. The SMILES string of the molecule is CC1CC2CC3CCCC4CC1C(C2)C3C41c2cccc3c2-n2c4c(cccc4c(=O)c4cccc1c42)O3. The Labute approximate surface area is 222 Å². The molecule has 0 saturated heterocycles. The van der Waals surface area contributed by atoms with E-state index in [2.05, 4.69) is 47.9 Å². The average Bonchev–Trinajstić information content (AvgIpc) is 3.07. The highest BCUT2D eigenvalue weighted by Gasteiger charge is 2.65. The molecule has 3 heterocycles. The monoisotopic (exact) mass is 499 g/mol. The van der Waals surface area contributed by atoms with Crippen LogP contribution in [0.15, 0.2) is 59.4 Å². The van der Waals surface area contributed by atoms with Crippen LogP contribution in [0, 0.1) is 41.4 Å². The van der Waals surface area contributed by atoms with Crippen LogP contribution >= 0.6 is 0 Å². The van der Waals surface area contributed by atoms with Crippen LogP contribution in [-0.4, -0.2) is 4.57 Å². The van der Waals surface area contributed by atoms with E-state index in [0.29, 0.717) is 11.8 Å². The summed E-state index contributed by atoms with van der Waals surface area (Å²) in [4.78, 5) is 14.1. The first-order valence-corrected chi connectivity index (χ1v) is 15.1. The summed E-state index contributed by atoms with van der Waals surface area (Å²) in [5.41, 5.74) is 6.43. The zero-order chi connectivity index (χ0) is 24.9. The molecule has 38 heavy (non-hydrogen) atoms. The lowest BCUT2D eigenvalue weighted by Gasteiger charge is -2.64. The molecule has 0 amide bonds. The predicted molar refractivity (Wildman–Crippen MR) is 150 cm³/mol. The predicted octanol–water partition coefficient (Wildman–Crippen LogP) is 7.97. The van der Waals surface area contributed by atoms with Crippen LogP contribution in [0.5, 0.6) is 11.5 Å². The van der Waals surface area contributed by atoms with Gasteiger partial charge in [-0.2, -0.15) is 0 Å². The van der Waals surface area contributed by atoms with Gasteiger partial charge in [0.1, 0.15) is 5.52 Å². The summed E-state index contributed by atoms with van der Waals surface area (Å²) in [7, 11) is 0. The molecule has 4 aliphatic carbocycles. The molecule has 0 N–H and O–H groups in total. The van der Waals surface area contributed by atoms with Crippen molar-refractivity contribution in [2.75, 3.05) is 0 Å². The van der Waals surface area contributed by atoms with Crippen molar-refractivity contribution in [2.45, 2.75) is 57.3 Å². The van der Waals surface area contributed by atoms with E-state index in [1.165, 1.54) is 67.3 Å². The van der Waals surface area contributed by atoms with Gasteiger partial charge in [0, 0.05) is 10.8 Å². The quantitative estimate of drug-likeness (QED) is 0.202. The second kappa shape index (κ2) is 6.73. The molecule has 3 nitrogen and oxygen atoms in total. The van der Waals surface area contributed by atoms with Gasteiger partial charge in [0.2, 0.25) is 0 Å². The molecule has 4 fully saturated rings. The van der Waals surface area contributed by atoms with Gasteiger partial charge >= 0.3 is 0 Å². The van der Waals surface area contributed by atoms with E-state index in [1.54, 1.807) is 0 Å². The molecule has 4 aromatic rings. The Morgan fingerprint density at radius 2 is 1.61 bits per heavy atom. The molecule has 0 radical (unpaired) electrons. The number of rotatable bonds is 0. The standard InChI is InChI=1S/C35H33NO2/c1-18-14-19-15-20-6-2-7-21-17-24(18)25(16-19)30(20)35(21)26-10-3-8-22-31(26)36-32-23(34(22)37)9-4-12-28(32)38-29-13-5-11-27(35)33(29)36/h3-5,8-13,18-21,24-25,30H,2,6-7,14-17H2,1H3.